The summed E-state index contributed by atoms with van der Waals surface area (Å²) in [5, 5.41) is 5.67. The van der Waals surface area contributed by atoms with Crippen LogP contribution in [-0.4, -0.2) is 18.4 Å². The molecule has 4 nitrogen and oxygen atoms in total. The molecule has 2 amide bonds. The highest BCUT2D eigenvalue weighted by atomic mass is 16.2. The van der Waals surface area contributed by atoms with Crippen LogP contribution < -0.4 is 10.6 Å². The highest BCUT2D eigenvalue weighted by Crippen LogP contribution is 2.44. The van der Waals surface area contributed by atoms with Gasteiger partial charge in [-0.05, 0) is 29.0 Å². The van der Waals surface area contributed by atoms with Gasteiger partial charge in [-0.1, -0.05) is 44.7 Å². The Morgan fingerprint density at radius 3 is 2.81 bits per heavy atom. The molecule has 0 heterocycles. The first kappa shape index (κ1) is 15.3. The lowest BCUT2D eigenvalue weighted by molar-refractivity contribution is -0.122. The number of hydrogen-bond donors (Lipinski definition) is 2. The largest absolute Gasteiger partial charge is 0.352 e. The Morgan fingerprint density at radius 1 is 1.38 bits per heavy atom. The number of hydrogen-bond acceptors (Lipinski definition) is 2. The van der Waals surface area contributed by atoms with Crippen molar-refractivity contribution in [2.24, 2.45) is 0 Å². The van der Waals surface area contributed by atoms with E-state index in [1.807, 2.05) is 12.1 Å². The minimum absolute atomic E-state index is 0.0446. The highest BCUT2D eigenvalue weighted by molar-refractivity contribution is 5.87. The molecule has 112 valence electrons. The van der Waals surface area contributed by atoms with Gasteiger partial charge in [0.1, 0.15) is 0 Å². The fourth-order valence-corrected chi connectivity index (χ4v) is 2.91. The SMILES string of the molecule is C=CC(=O)NCCC(=O)NC1CC(C)(C)c2ccccc21. The van der Waals surface area contributed by atoms with Crippen LogP contribution in [0.1, 0.15) is 43.9 Å². The Morgan fingerprint density at radius 2 is 2.10 bits per heavy atom. The number of carbonyl (C=O) groups is 2. The summed E-state index contributed by atoms with van der Waals surface area (Å²) in [7, 11) is 0. The van der Waals surface area contributed by atoms with E-state index in [0.29, 0.717) is 6.54 Å². The van der Waals surface area contributed by atoms with Gasteiger partial charge in [-0.25, -0.2) is 0 Å². The molecule has 1 aliphatic carbocycles. The van der Waals surface area contributed by atoms with Gasteiger partial charge in [0.05, 0.1) is 6.04 Å². The van der Waals surface area contributed by atoms with Crippen LogP contribution >= 0.6 is 0 Å². The standard InChI is InChI=1S/C17H22N2O2/c1-4-15(20)18-10-9-16(21)19-14-11-17(2,3)13-8-6-5-7-12(13)14/h4-8,14H,1,9-11H2,2-3H3,(H,18,20)(H,19,21). The molecule has 0 aromatic heterocycles. The molecule has 2 rings (SSSR count). The molecule has 1 unspecified atom stereocenters. The van der Waals surface area contributed by atoms with E-state index in [1.165, 1.54) is 17.2 Å². The molecule has 1 aliphatic rings. The molecule has 1 aromatic rings. The van der Waals surface area contributed by atoms with E-state index >= 15 is 0 Å². The summed E-state index contributed by atoms with van der Waals surface area (Å²) in [6.07, 6.45) is 2.38. The Bertz CT molecular complexity index is 564. The lowest BCUT2D eigenvalue weighted by Gasteiger charge is -2.19. The molecule has 1 atom stereocenters. The van der Waals surface area contributed by atoms with E-state index in [4.69, 9.17) is 0 Å². The molecule has 4 heteroatoms. The van der Waals surface area contributed by atoms with Crippen LogP contribution in [0.3, 0.4) is 0 Å². The van der Waals surface area contributed by atoms with Crippen molar-refractivity contribution < 1.29 is 9.59 Å². The molecule has 0 fully saturated rings. The molecule has 0 radical (unpaired) electrons. The average molecular weight is 286 g/mol. The van der Waals surface area contributed by atoms with Gasteiger partial charge in [0.25, 0.3) is 0 Å². The van der Waals surface area contributed by atoms with Gasteiger partial charge in [0.15, 0.2) is 0 Å². The van der Waals surface area contributed by atoms with Crippen LogP contribution in [0.5, 0.6) is 0 Å². The molecule has 1 aromatic carbocycles. The normalized spacial score (nSPS) is 18.7. The lowest BCUT2D eigenvalue weighted by atomic mass is 9.86. The smallest absolute Gasteiger partial charge is 0.243 e. The summed E-state index contributed by atoms with van der Waals surface area (Å²) in [5.74, 6) is -0.299. The number of nitrogens with one attached hydrogen (secondary N) is 2. The summed E-state index contributed by atoms with van der Waals surface area (Å²) in [6.45, 7) is 8.09. The number of rotatable bonds is 5. The predicted octanol–water partition coefficient (Wildman–Crippen LogP) is 2.22. The summed E-state index contributed by atoms with van der Waals surface area (Å²) < 4.78 is 0. The maximum atomic E-state index is 12.0. The minimum Gasteiger partial charge on any atom is -0.352 e. The van der Waals surface area contributed by atoms with Crippen molar-refractivity contribution in [2.45, 2.75) is 38.1 Å². The minimum atomic E-state index is -0.254. The quantitative estimate of drug-likeness (QED) is 0.815. The zero-order valence-corrected chi connectivity index (χ0v) is 12.6. The van der Waals surface area contributed by atoms with Gasteiger partial charge in [-0.3, -0.25) is 9.59 Å². The van der Waals surface area contributed by atoms with Crippen LogP contribution in [0.4, 0.5) is 0 Å². The van der Waals surface area contributed by atoms with Gasteiger partial charge in [0.2, 0.25) is 11.8 Å². The van der Waals surface area contributed by atoms with Gasteiger partial charge >= 0.3 is 0 Å². The summed E-state index contributed by atoms with van der Waals surface area (Å²) in [4.78, 5) is 23.0. The molecule has 0 saturated heterocycles. The Labute approximate surface area is 125 Å². The van der Waals surface area contributed by atoms with Gasteiger partial charge in [-0.2, -0.15) is 0 Å². The molecule has 21 heavy (non-hydrogen) atoms. The third-order valence-electron chi connectivity index (χ3n) is 3.95. The Kier molecular flexibility index (Phi) is 4.46. The molecule has 0 saturated carbocycles. The topological polar surface area (TPSA) is 58.2 Å². The first-order valence-corrected chi connectivity index (χ1v) is 7.23. The number of benzene rings is 1. The zero-order chi connectivity index (χ0) is 15.5. The average Bonchev–Trinajstić information content (AvgIpc) is 2.70. The van der Waals surface area contributed by atoms with Gasteiger partial charge in [-0.15, -0.1) is 0 Å². The first-order chi connectivity index (χ1) is 9.94. The van der Waals surface area contributed by atoms with Crippen LogP contribution in [0.2, 0.25) is 0 Å². The second-order valence-electron chi connectivity index (χ2n) is 6.04. The maximum absolute atomic E-state index is 12.0. The number of fused-ring (bicyclic) bond motifs is 1. The fraction of sp³-hybridized carbons (Fsp3) is 0.412. The molecule has 0 spiro atoms. The van der Waals surface area contributed by atoms with E-state index in [-0.39, 0.29) is 29.7 Å². The Balaban J connectivity index is 1.94. The lowest BCUT2D eigenvalue weighted by Crippen LogP contribution is -2.32. The highest BCUT2D eigenvalue weighted by Gasteiger charge is 2.36. The summed E-state index contributed by atoms with van der Waals surface area (Å²) in [6, 6.07) is 8.30. The fourth-order valence-electron chi connectivity index (χ4n) is 2.91. The number of carbonyl (C=O) groups excluding carboxylic acids is 2. The van der Waals surface area contributed by atoms with E-state index in [0.717, 1.165) is 6.42 Å². The molecule has 0 bridgehead atoms. The summed E-state index contributed by atoms with van der Waals surface area (Å²) >= 11 is 0. The van der Waals surface area contributed by atoms with E-state index in [9.17, 15) is 9.59 Å². The van der Waals surface area contributed by atoms with Crippen molar-refractivity contribution in [3.63, 3.8) is 0 Å². The Hall–Kier alpha value is -2.10. The second-order valence-corrected chi connectivity index (χ2v) is 6.04. The van der Waals surface area contributed by atoms with Gasteiger partial charge in [0, 0.05) is 13.0 Å². The predicted molar refractivity (Wildman–Crippen MR) is 82.8 cm³/mol. The molecular weight excluding hydrogens is 264 g/mol. The van der Waals surface area contributed by atoms with Crippen molar-refractivity contribution >= 4 is 11.8 Å². The number of amides is 2. The third-order valence-corrected chi connectivity index (χ3v) is 3.95. The van der Waals surface area contributed by atoms with Crippen molar-refractivity contribution in [1.82, 2.24) is 10.6 Å². The second kappa shape index (κ2) is 6.12. The van der Waals surface area contributed by atoms with Crippen LogP contribution in [0.15, 0.2) is 36.9 Å². The van der Waals surface area contributed by atoms with E-state index in [1.54, 1.807) is 0 Å². The molecule has 0 aliphatic heterocycles. The zero-order valence-electron chi connectivity index (χ0n) is 12.6. The van der Waals surface area contributed by atoms with Crippen molar-refractivity contribution in [2.75, 3.05) is 6.54 Å². The van der Waals surface area contributed by atoms with Crippen LogP contribution in [-0.2, 0) is 15.0 Å². The van der Waals surface area contributed by atoms with Crippen LogP contribution in [0, 0.1) is 0 Å². The van der Waals surface area contributed by atoms with E-state index in [2.05, 4.69) is 43.2 Å². The molecule has 2 N–H and O–H groups in total. The summed E-state index contributed by atoms with van der Waals surface area (Å²) in [5.41, 5.74) is 2.58. The maximum Gasteiger partial charge on any atom is 0.243 e. The first-order valence-electron chi connectivity index (χ1n) is 7.23. The van der Waals surface area contributed by atoms with Gasteiger partial charge < -0.3 is 10.6 Å². The van der Waals surface area contributed by atoms with E-state index < -0.39 is 0 Å². The van der Waals surface area contributed by atoms with Crippen molar-refractivity contribution in [1.29, 1.82) is 0 Å². The van der Waals surface area contributed by atoms with Crippen molar-refractivity contribution in [3.8, 4) is 0 Å². The van der Waals surface area contributed by atoms with Crippen LogP contribution in [0.25, 0.3) is 0 Å². The monoisotopic (exact) mass is 286 g/mol. The molecular formula is C17H22N2O2. The van der Waals surface area contributed by atoms with Crippen molar-refractivity contribution in [3.05, 3.63) is 48.0 Å². The third kappa shape index (κ3) is 3.51.